The number of carbonyl (C=O) groups is 1. The maximum atomic E-state index is 10.3. The predicted octanol–water partition coefficient (Wildman–Crippen LogP) is 0.626. The van der Waals surface area contributed by atoms with Gasteiger partial charge < -0.3 is 4.74 Å². The van der Waals surface area contributed by atoms with Gasteiger partial charge in [0.15, 0.2) is 0 Å². The molecule has 0 aliphatic carbocycles. The van der Waals surface area contributed by atoms with Crippen molar-refractivity contribution >= 4 is 18.1 Å². The van der Waals surface area contributed by atoms with E-state index in [0.717, 1.165) is 0 Å². The van der Waals surface area contributed by atoms with Crippen LogP contribution in [-0.4, -0.2) is 24.8 Å². The van der Waals surface area contributed by atoms with Crippen molar-refractivity contribution in [2.75, 3.05) is 6.61 Å². The highest BCUT2D eigenvalue weighted by Crippen LogP contribution is 1.92. The van der Waals surface area contributed by atoms with Crippen LogP contribution in [0.15, 0.2) is 9.98 Å². The summed E-state index contributed by atoms with van der Waals surface area (Å²) in [5, 5.41) is 0. The Balaban J connectivity index is 2.53. The lowest BCUT2D eigenvalue weighted by Gasteiger charge is -1.93. The zero-order valence-electron chi connectivity index (χ0n) is 5.00. The van der Waals surface area contributed by atoms with Crippen molar-refractivity contribution in [3.05, 3.63) is 0 Å². The fourth-order valence-electron chi connectivity index (χ4n) is 0.480. The van der Waals surface area contributed by atoms with Crippen molar-refractivity contribution in [3.63, 3.8) is 0 Å². The Labute approximate surface area is 52.3 Å². The first kappa shape index (κ1) is 5.94. The van der Waals surface area contributed by atoms with Gasteiger partial charge in [-0.05, 0) is 6.92 Å². The molecule has 2 amide bonds. The number of hydrogen-bond acceptors (Lipinski definition) is 2. The molecule has 0 saturated carbocycles. The van der Waals surface area contributed by atoms with Crippen LogP contribution in [0.25, 0.3) is 0 Å². The summed E-state index contributed by atoms with van der Waals surface area (Å²) in [6.07, 6.45) is 1.31. The lowest BCUT2D eigenvalue weighted by Crippen LogP contribution is -2.02. The van der Waals surface area contributed by atoms with Crippen LogP contribution < -0.4 is 0 Å². The summed E-state index contributed by atoms with van der Waals surface area (Å²) < 4.78 is 4.85. The van der Waals surface area contributed by atoms with Crippen molar-refractivity contribution in [2.24, 2.45) is 9.98 Å². The fourth-order valence-corrected chi connectivity index (χ4v) is 0.480. The van der Waals surface area contributed by atoms with Crippen LogP contribution in [0, 0.1) is 0 Å². The molecule has 4 nitrogen and oxygen atoms in total. The molecule has 0 aromatic carbocycles. The summed E-state index contributed by atoms with van der Waals surface area (Å²) >= 11 is 0. The molecule has 0 N–H and O–H groups in total. The Morgan fingerprint density at radius 3 is 3.00 bits per heavy atom. The van der Waals surface area contributed by atoms with E-state index in [1.807, 2.05) is 6.92 Å². The van der Waals surface area contributed by atoms with E-state index in [1.54, 1.807) is 0 Å². The maximum Gasteiger partial charge on any atom is 0.370 e. The predicted molar refractivity (Wildman–Crippen MR) is 32.9 cm³/mol. The second-order valence-electron chi connectivity index (χ2n) is 1.42. The Bertz CT molecular complexity index is 183. The number of hydrogen-bond donors (Lipinski definition) is 0. The molecule has 48 valence electrons. The SMILES string of the molecule is CCOC1=NC(=O)N=C1. The molecule has 0 fully saturated rings. The minimum Gasteiger partial charge on any atom is -0.477 e. The van der Waals surface area contributed by atoms with Gasteiger partial charge >= 0.3 is 6.03 Å². The van der Waals surface area contributed by atoms with Crippen LogP contribution in [0.1, 0.15) is 6.92 Å². The first-order chi connectivity index (χ1) is 4.33. The third kappa shape index (κ3) is 1.35. The van der Waals surface area contributed by atoms with E-state index in [1.165, 1.54) is 6.21 Å². The maximum absolute atomic E-state index is 10.3. The van der Waals surface area contributed by atoms with Crippen LogP contribution in [-0.2, 0) is 4.74 Å². The van der Waals surface area contributed by atoms with E-state index in [9.17, 15) is 4.79 Å². The molecule has 0 aromatic rings. The fraction of sp³-hybridized carbons (Fsp3) is 0.400. The molecular weight excluding hydrogens is 120 g/mol. The average Bonchev–Trinajstić information content (AvgIpc) is 2.17. The van der Waals surface area contributed by atoms with Crippen LogP contribution in [0.4, 0.5) is 4.79 Å². The van der Waals surface area contributed by atoms with E-state index >= 15 is 0 Å². The number of rotatable bonds is 1. The molecule has 9 heavy (non-hydrogen) atoms. The Kier molecular flexibility index (Phi) is 1.58. The minimum absolute atomic E-state index is 0.308. The summed E-state index contributed by atoms with van der Waals surface area (Å²) in [6.45, 7) is 2.33. The van der Waals surface area contributed by atoms with Gasteiger partial charge in [-0.1, -0.05) is 0 Å². The monoisotopic (exact) mass is 126 g/mol. The van der Waals surface area contributed by atoms with Gasteiger partial charge in [0, 0.05) is 0 Å². The van der Waals surface area contributed by atoms with Gasteiger partial charge in [-0.2, -0.15) is 9.98 Å². The van der Waals surface area contributed by atoms with E-state index in [0.29, 0.717) is 12.5 Å². The average molecular weight is 126 g/mol. The molecule has 0 unspecified atom stereocenters. The lowest BCUT2D eigenvalue weighted by molar-refractivity contribution is 0.256. The number of amides is 2. The van der Waals surface area contributed by atoms with Gasteiger partial charge in [-0.3, -0.25) is 0 Å². The zero-order valence-corrected chi connectivity index (χ0v) is 5.00. The van der Waals surface area contributed by atoms with Gasteiger partial charge in [0.05, 0.1) is 12.8 Å². The normalized spacial score (nSPS) is 16.1. The third-order valence-electron chi connectivity index (χ3n) is 0.783. The number of nitrogens with zero attached hydrogens (tertiary/aromatic N) is 2. The molecule has 1 aliphatic rings. The number of aliphatic imine (C=N–C) groups is 2. The number of carbonyl (C=O) groups excluding carboxylic acids is 1. The Morgan fingerprint density at radius 2 is 2.56 bits per heavy atom. The van der Waals surface area contributed by atoms with Crippen molar-refractivity contribution in [3.8, 4) is 0 Å². The van der Waals surface area contributed by atoms with Crippen molar-refractivity contribution < 1.29 is 9.53 Å². The molecule has 4 heteroatoms. The molecule has 0 spiro atoms. The molecule has 0 atom stereocenters. The quantitative estimate of drug-likeness (QED) is 0.517. The van der Waals surface area contributed by atoms with Crippen LogP contribution >= 0.6 is 0 Å². The van der Waals surface area contributed by atoms with E-state index in [-0.39, 0.29) is 0 Å². The first-order valence-corrected chi connectivity index (χ1v) is 2.62. The summed E-state index contributed by atoms with van der Waals surface area (Å²) in [5.74, 6) is 0.308. The molecule has 1 rings (SSSR count). The van der Waals surface area contributed by atoms with Crippen molar-refractivity contribution in [1.29, 1.82) is 0 Å². The summed E-state index contributed by atoms with van der Waals surface area (Å²) in [6, 6.07) is -0.488. The smallest absolute Gasteiger partial charge is 0.370 e. The molecule has 1 aliphatic heterocycles. The molecular formula is C5H6N2O2. The lowest BCUT2D eigenvalue weighted by atomic mass is 10.7. The molecule has 0 radical (unpaired) electrons. The second-order valence-corrected chi connectivity index (χ2v) is 1.42. The third-order valence-corrected chi connectivity index (χ3v) is 0.783. The van der Waals surface area contributed by atoms with Gasteiger partial charge in [0.2, 0.25) is 5.90 Å². The molecule has 0 bridgehead atoms. The Morgan fingerprint density at radius 1 is 1.78 bits per heavy atom. The van der Waals surface area contributed by atoms with Crippen LogP contribution in [0.2, 0.25) is 0 Å². The van der Waals surface area contributed by atoms with E-state index in [4.69, 9.17) is 4.74 Å². The first-order valence-electron chi connectivity index (χ1n) is 2.62. The van der Waals surface area contributed by atoms with Crippen LogP contribution in [0.5, 0.6) is 0 Å². The Hall–Kier alpha value is -1.19. The standard InChI is InChI=1S/C5H6N2O2/c1-2-9-4-3-6-5(8)7-4/h3H,2H2,1H3. The summed E-state index contributed by atoms with van der Waals surface area (Å²) in [5.41, 5.74) is 0. The van der Waals surface area contributed by atoms with E-state index in [2.05, 4.69) is 9.98 Å². The summed E-state index contributed by atoms with van der Waals surface area (Å²) in [7, 11) is 0. The number of ether oxygens (including phenoxy) is 1. The molecule has 1 heterocycles. The minimum atomic E-state index is -0.488. The second kappa shape index (κ2) is 2.39. The molecule has 0 aromatic heterocycles. The molecule has 0 saturated heterocycles. The van der Waals surface area contributed by atoms with E-state index < -0.39 is 6.03 Å². The van der Waals surface area contributed by atoms with Crippen molar-refractivity contribution in [1.82, 2.24) is 0 Å². The highest BCUT2D eigenvalue weighted by atomic mass is 16.5. The largest absolute Gasteiger partial charge is 0.477 e. The van der Waals surface area contributed by atoms with Crippen molar-refractivity contribution in [2.45, 2.75) is 6.92 Å². The highest BCUT2D eigenvalue weighted by Gasteiger charge is 2.06. The number of urea groups is 1. The zero-order chi connectivity index (χ0) is 6.69. The van der Waals surface area contributed by atoms with Gasteiger partial charge in [0.1, 0.15) is 0 Å². The highest BCUT2D eigenvalue weighted by molar-refractivity contribution is 6.33. The summed E-state index contributed by atoms with van der Waals surface area (Å²) in [4.78, 5) is 17.0. The van der Waals surface area contributed by atoms with Gasteiger partial charge in [-0.25, -0.2) is 4.79 Å². The van der Waals surface area contributed by atoms with Gasteiger partial charge in [0.25, 0.3) is 0 Å². The topological polar surface area (TPSA) is 51.0 Å². The van der Waals surface area contributed by atoms with Crippen LogP contribution in [0.3, 0.4) is 0 Å². The van der Waals surface area contributed by atoms with Gasteiger partial charge in [-0.15, -0.1) is 0 Å².